The molecule has 2 aromatic heterocycles. The third-order valence-electron chi connectivity index (χ3n) is 2.09. The summed E-state index contributed by atoms with van der Waals surface area (Å²) in [7, 11) is -2.13. The number of nitrogens with one attached hydrogen (secondary N) is 1. The van der Waals surface area contributed by atoms with Gasteiger partial charge in [0, 0.05) is 30.4 Å². The molecule has 0 aliphatic carbocycles. The number of thiazole rings is 1. The summed E-state index contributed by atoms with van der Waals surface area (Å²) in [6.45, 7) is 0. The molecule has 2 rings (SSSR count). The van der Waals surface area contributed by atoms with E-state index in [-0.39, 0.29) is 10.2 Å². The lowest BCUT2D eigenvalue weighted by Crippen LogP contribution is -2.13. The first-order valence-electron chi connectivity index (χ1n) is 5.24. The van der Waals surface area contributed by atoms with Crippen molar-refractivity contribution in [1.29, 1.82) is 0 Å². The third kappa shape index (κ3) is 3.42. The molecular formula is C10H10N4O4S2. The number of aromatic nitrogens is 3. The Morgan fingerprint density at radius 2 is 2.25 bits per heavy atom. The lowest BCUT2D eigenvalue weighted by Gasteiger charge is -2.00. The standard InChI is InChI=1S/C10H10N4O4S2/c1-14-5-8(12-6-14)20(17,18)13-10-11-4-7(19-10)2-3-9(15)16/h2-6H,1H3,(H,11,13)(H,15,16). The minimum atomic E-state index is -3.78. The number of aliphatic carboxylic acids is 1. The van der Waals surface area contributed by atoms with Gasteiger partial charge < -0.3 is 9.67 Å². The molecule has 0 fully saturated rings. The quantitative estimate of drug-likeness (QED) is 0.788. The van der Waals surface area contributed by atoms with Crippen LogP contribution in [0.2, 0.25) is 0 Å². The molecule has 0 bridgehead atoms. The maximum atomic E-state index is 12.0. The first kappa shape index (κ1) is 14.2. The summed E-state index contributed by atoms with van der Waals surface area (Å²) in [5, 5.41) is 8.52. The average molecular weight is 314 g/mol. The van der Waals surface area contributed by atoms with Crippen molar-refractivity contribution in [3.05, 3.63) is 29.7 Å². The zero-order valence-corrected chi connectivity index (χ0v) is 11.8. The van der Waals surface area contributed by atoms with Gasteiger partial charge in [0.1, 0.15) is 0 Å². The van der Waals surface area contributed by atoms with Gasteiger partial charge in [-0.3, -0.25) is 4.72 Å². The van der Waals surface area contributed by atoms with Crippen molar-refractivity contribution in [3.8, 4) is 0 Å². The van der Waals surface area contributed by atoms with Crippen LogP contribution in [0.5, 0.6) is 0 Å². The smallest absolute Gasteiger partial charge is 0.328 e. The highest BCUT2D eigenvalue weighted by atomic mass is 32.2. The second-order valence-electron chi connectivity index (χ2n) is 3.72. The van der Waals surface area contributed by atoms with Crippen molar-refractivity contribution < 1.29 is 18.3 Å². The van der Waals surface area contributed by atoms with E-state index in [0.717, 1.165) is 17.4 Å². The van der Waals surface area contributed by atoms with Crippen LogP contribution in [-0.2, 0) is 21.9 Å². The van der Waals surface area contributed by atoms with Crippen LogP contribution in [-0.4, -0.2) is 34.0 Å². The number of anilines is 1. The molecule has 0 aromatic carbocycles. The summed E-state index contributed by atoms with van der Waals surface area (Å²) in [5.41, 5.74) is 0. The number of sulfonamides is 1. The molecule has 0 radical (unpaired) electrons. The molecule has 8 nitrogen and oxygen atoms in total. The predicted octanol–water partition coefficient (Wildman–Crippen LogP) is 0.775. The largest absolute Gasteiger partial charge is 0.478 e. The van der Waals surface area contributed by atoms with E-state index in [1.54, 1.807) is 7.05 Å². The minimum absolute atomic E-state index is 0.113. The highest BCUT2D eigenvalue weighted by molar-refractivity contribution is 7.92. The van der Waals surface area contributed by atoms with E-state index < -0.39 is 16.0 Å². The minimum Gasteiger partial charge on any atom is -0.478 e. The fraction of sp³-hybridized carbons (Fsp3) is 0.100. The molecule has 10 heteroatoms. The molecule has 0 aliphatic rings. The number of hydrogen-bond acceptors (Lipinski definition) is 6. The van der Waals surface area contributed by atoms with Crippen LogP contribution in [0, 0.1) is 0 Å². The molecule has 0 saturated heterocycles. The number of carbonyl (C=O) groups is 1. The third-order valence-corrected chi connectivity index (χ3v) is 4.32. The van der Waals surface area contributed by atoms with Gasteiger partial charge in [-0.05, 0) is 6.08 Å². The lowest BCUT2D eigenvalue weighted by atomic mass is 10.4. The summed E-state index contributed by atoms with van der Waals surface area (Å²) in [5.74, 6) is -1.09. The topological polar surface area (TPSA) is 114 Å². The number of nitrogens with zero attached hydrogens (tertiary/aromatic N) is 3. The summed E-state index contributed by atoms with van der Waals surface area (Å²) >= 11 is 1.02. The van der Waals surface area contributed by atoms with Crippen LogP contribution in [0.25, 0.3) is 6.08 Å². The van der Waals surface area contributed by atoms with Gasteiger partial charge in [0.15, 0.2) is 10.2 Å². The number of carboxylic acids is 1. The second-order valence-corrected chi connectivity index (χ2v) is 6.41. The van der Waals surface area contributed by atoms with Gasteiger partial charge in [0.05, 0.1) is 6.33 Å². The van der Waals surface area contributed by atoms with E-state index in [4.69, 9.17) is 5.11 Å². The fourth-order valence-corrected chi connectivity index (χ4v) is 3.20. The molecule has 0 unspecified atom stereocenters. The molecule has 2 N–H and O–H groups in total. The van der Waals surface area contributed by atoms with Crippen molar-refractivity contribution in [2.24, 2.45) is 7.05 Å². The number of carboxylic acid groups (broad SMARTS) is 1. The molecule has 2 aromatic rings. The number of aryl methyl sites for hydroxylation is 1. The van der Waals surface area contributed by atoms with Crippen molar-refractivity contribution in [3.63, 3.8) is 0 Å². The van der Waals surface area contributed by atoms with E-state index in [0.29, 0.717) is 4.88 Å². The first-order chi connectivity index (χ1) is 9.37. The van der Waals surface area contributed by atoms with Gasteiger partial charge in [0.2, 0.25) is 0 Å². The van der Waals surface area contributed by atoms with Gasteiger partial charge in [-0.1, -0.05) is 11.3 Å². The molecule has 20 heavy (non-hydrogen) atoms. The second kappa shape index (κ2) is 5.43. The van der Waals surface area contributed by atoms with Crippen LogP contribution in [0.4, 0.5) is 5.13 Å². The van der Waals surface area contributed by atoms with Crippen molar-refractivity contribution >= 4 is 38.5 Å². The van der Waals surface area contributed by atoms with Gasteiger partial charge in [0.25, 0.3) is 10.0 Å². The summed E-state index contributed by atoms with van der Waals surface area (Å²) in [4.78, 5) is 18.5. The van der Waals surface area contributed by atoms with Gasteiger partial charge in [-0.2, -0.15) is 8.42 Å². The van der Waals surface area contributed by atoms with Crippen molar-refractivity contribution in [1.82, 2.24) is 14.5 Å². The van der Waals surface area contributed by atoms with Crippen LogP contribution in [0.15, 0.2) is 29.8 Å². The summed E-state index contributed by atoms with van der Waals surface area (Å²) < 4.78 is 27.7. The lowest BCUT2D eigenvalue weighted by molar-refractivity contribution is -0.131. The summed E-state index contributed by atoms with van der Waals surface area (Å²) in [6.07, 6.45) is 6.39. The van der Waals surface area contributed by atoms with Gasteiger partial charge >= 0.3 is 5.97 Å². The van der Waals surface area contributed by atoms with Crippen molar-refractivity contribution in [2.45, 2.75) is 5.03 Å². The van der Waals surface area contributed by atoms with E-state index in [1.165, 1.54) is 29.4 Å². The van der Waals surface area contributed by atoms with Crippen molar-refractivity contribution in [2.75, 3.05) is 4.72 Å². The van der Waals surface area contributed by atoms with Crippen LogP contribution < -0.4 is 4.72 Å². The maximum absolute atomic E-state index is 12.0. The van der Waals surface area contributed by atoms with Gasteiger partial charge in [-0.25, -0.2) is 14.8 Å². The fourth-order valence-electron chi connectivity index (χ4n) is 1.26. The molecule has 0 amide bonds. The normalized spacial score (nSPS) is 11.8. The molecule has 106 valence electrons. The Kier molecular flexibility index (Phi) is 3.86. The molecule has 2 heterocycles. The molecule has 0 spiro atoms. The molecule has 0 aliphatic heterocycles. The van der Waals surface area contributed by atoms with E-state index in [9.17, 15) is 13.2 Å². The first-order valence-corrected chi connectivity index (χ1v) is 7.54. The Morgan fingerprint density at radius 1 is 1.50 bits per heavy atom. The highest BCUT2D eigenvalue weighted by Gasteiger charge is 2.18. The van der Waals surface area contributed by atoms with E-state index >= 15 is 0 Å². The van der Waals surface area contributed by atoms with Crippen LogP contribution >= 0.6 is 11.3 Å². The zero-order chi connectivity index (χ0) is 14.8. The zero-order valence-electron chi connectivity index (χ0n) is 10.2. The van der Waals surface area contributed by atoms with E-state index in [2.05, 4.69) is 14.7 Å². The van der Waals surface area contributed by atoms with E-state index in [1.807, 2.05) is 0 Å². The van der Waals surface area contributed by atoms with Gasteiger partial charge in [-0.15, -0.1) is 0 Å². The summed E-state index contributed by atoms with van der Waals surface area (Å²) in [6, 6.07) is 0. The van der Waals surface area contributed by atoms with Crippen LogP contribution in [0.1, 0.15) is 4.88 Å². The molecular weight excluding hydrogens is 304 g/mol. The monoisotopic (exact) mass is 314 g/mol. The Balaban J connectivity index is 2.16. The number of rotatable bonds is 5. The SMILES string of the molecule is Cn1cnc(S(=O)(=O)Nc2ncc(C=CC(=O)O)s2)c1. The maximum Gasteiger partial charge on any atom is 0.328 e. The average Bonchev–Trinajstić information content (AvgIpc) is 2.95. The molecule has 0 atom stereocenters. The molecule has 0 saturated carbocycles. The Hall–Kier alpha value is -2.20. The number of imidazole rings is 1. The Labute approximate surface area is 118 Å². The highest BCUT2D eigenvalue weighted by Crippen LogP contribution is 2.22. The predicted molar refractivity (Wildman–Crippen MR) is 72.8 cm³/mol. The number of hydrogen-bond donors (Lipinski definition) is 2. The van der Waals surface area contributed by atoms with Crippen LogP contribution in [0.3, 0.4) is 0 Å². The Bertz CT molecular complexity index is 760. The Morgan fingerprint density at radius 3 is 2.85 bits per heavy atom.